The first-order valence-corrected chi connectivity index (χ1v) is 7.02. The zero-order chi connectivity index (χ0) is 11.1. The van der Waals surface area contributed by atoms with Gasteiger partial charge in [0.05, 0.1) is 10.7 Å². The molecule has 0 bridgehead atoms. The van der Waals surface area contributed by atoms with Gasteiger partial charge in [-0.25, -0.2) is 4.98 Å². The van der Waals surface area contributed by atoms with Crippen molar-refractivity contribution in [3.8, 4) is 0 Å². The number of hydrogen-bond donors (Lipinski definition) is 1. The van der Waals surface area contributed by atoms with Crippen molar-refractivity contribution in [1.29, 1.82) is 0 Å². The number of rotatable bonds is 7. The first-order valence-electron chi connectivity index (χ1n) is 5.30. The number of unbranched alkanes of at least 4 members (excludes halogenated alkanes) is 1. The summed E-state index contributed by atoms with van der Waals surface area (Å²) in [5.74, 6) is 0. The summed E-state index contributed by atoms with van der Waals surface area (Å²) >= 11 is 3.13. The molecule has 2 aromatic rings. The number of thiazole rings is 1. The quantitative estimate of drug-likeness (QED) is 0.769. The molecule has 2 aromatic heterocycles. The minimum absolute atomic E-state index is 0.827. The van der Waals surface area contributed by atoms with Crippen LogP contribution in [0.2, 0.25) is 0 Å². The average Bonchev–Trinajstić information content (AvgIpc) is 2.96. The SMILES string of the molecule is c1csc(CCCCNCc2csnn2)n1. The largest absolute Gasteiger partial charge is 0.311 e. The molecule has 0 unspecified atom stereocenters. The van der Waals surface area contributed by atoms with Crippen LogP contribution in [-0.4, -0.2) is 21.1 Å². The highest BCUT2D eigenvalue weighted by molar-refractivity contribution is 7.09. The number of nitrogens with one attached hydrogen (secondary N) is 1. The molecule has 0 radical (unpaired) electrons. The van der Waals surface area contributed by atoms with Gasteiger partial charge in [-0.3, -0.25) is 0 Å². The molecular formula is C10H14N4S2. The summed E-state index contributed by atoms with van der Waals surface area (Å²) in [6, 6.07) is 0. The van der Waals surface area contributed by atoms with Crippen LogP contribution in [0.1, 0.15) is 23.5 Å². The Bertz CT molecular complexity index is 333. The molecular weight excluding hydrogens is 240 g/mol. The van der Waals surface area contributed by atoms with Crippen LogP contribution < -0.4 is 5.32 Å². The van der Waals surface area contributed by atoms with Gasteiger partial charge >= 0.3 is 0 Å². The molecule has 0 aliphatic carbocycles. The van der Waals surface area contributed by atoms with Crippen molar-refractivity contribution >= 4 is 22.9 Å². The van der Waals surface area contributed by atoms with Gasteiger partial charge in [0.1, 0.15) is 0 Å². The Morgan fingerprint density at radius 1 is 1.31 bits per heavy atom. The van der Waals surface area contributed by atoms with Crippen LogP contribution in [0.15, 0.2) is 17.0 Å². The maximum absolute atomic E-state index is 4.26. The molecule has 0 aliphatic heterocycles. The van der Waals surface area contributed by atoms with E-state index >= 15 is 0 Å². The lowest BCUT2D eigenvalue weighted by molar-refractivity contribution is 0.615. The summed E-state index contributed by atoms with van der Waals surface area (Å²) < 4.78 is 3.82. The lowest BCUT2D eigenvalue weighted by Gasteiger charge is -2.01. The third kappa shape index (κ3) is 3.96. The van der Waals surface area contributed by atoms with E-state index in [9.17, 15) is 0 Å². The number of aromatic nitrogens is 3. The van der Waals surface area contributed by atoms with Crippen molar-refractivity contribution < 1.29 is 0 Å². The fourth-order valence-corrected chi connectivity index (χ4v) is 2.49. The average molecular weight is 254 g/mol. The van der Waals surface area contributed by atoms with Gasteiger partial charge in [-0.15, -0.1) is 16.4 Å². The number of aryl methyl sites for hydroxylation is 1. The third-order valence-corrected chi connectivity index (χ3v) is 3.58. The first-order chi connectivity index (χ1) is 7.95. The molecule has 0 aromatic carbocycles. The van der Waals surface area contributed by atoms with Crippen molar-refractivity contribution in [2.75, 3.05) is 6.54 Å². The second kappa shape index (κ2) is 6.67. The molecule has 0 amide bonds. The minimum Gasteiger partial charge on any atom is -0.311 e. The highest BCUT2D eigenvalue weighted by atomic mass is 32.1. The van der Waals surface area contributed by atoms with Gasteiger partial charge in [-0.05, 0) is 37.3 Å². The molecule has 2 rings (SSSR count). The monoisotopic (exact) mass is 254 g/mol. The highest BCUT2D eigenvalue weighted by Crippen LogP contribution is 2.07. The van der Waals surface area contributed by atoms with Crippen molar-refractivity contribution in [3.63, 3.8) is 0 Å². The summed E-state index contributed by atoms with van der Waals surface area (Å²) in [4.78, 5) is 4.26. The maximum atomic E-state index is 4.26. The molecule has 86 valence electrons. The third-order valence-electron chi connectivity index (χ3n) is 2.19. The summed E-state index contributed by atoms with van der Waals surface area (Å²) in [5.41, 5.74) is 1.03. The van der Waals surface area contributed by atoms with Crippen molar-refractivity contribution in [2.24, 2.45) is 0 Å². The molecule has 1 N–H and O–H groups in total. The van der Waals surface area contributed by atoms with E-state index in [-0.39, 0.29) is 0 Å². The summed E-state index contributed by atoms with van der Waals surface area (Å²) in [5, 5.41) is 12.6. The molecule has 4 nitrogen and oxygen atoms in total. The van der Waals surface area contributed by atoms with Crippen LogP contribution in [0.4, 0.5) is 0 Å². The van der Waals surface area contributed by atoms with E-state index in [4.69, 9.17) is 0 Å². The topological polar surface area (TPSA) is 50.7 Å². The Labute approximate surface area is 103 Å². The Kier molecular flexibility index (Phi) is 4.85. The second-order valence-electron chi connectivity index (χ2n) is 3.46. The zero-order valence-corrected chi connectivity index (χ0v) is 10.6. The van der Waals surface area contributed by atoms with E-state index in [2.05, 4.69) is 19.9 Å². The van der Waals surface area contributed by atoms with E-state index in [1.807, 2.05) is 17.0 Å². The minimum atomic E-state index is 0.827. The van der Waals surface area contributed by atoms with Crippen LogP contribution in [0.25, 0.3) is 0 Å². The van der Waals surface area contributed by atoms with Crippen molar-refractivity contribution in [1.82, 2.24) is 19.9 Å². The van der Waals surface area contributed by atoms with E-state index in [0.717, 1.165) is 25.2 Å². The van der Waals surface area contributed by atoms with Gasteiger partial charge in [0.2, 0.25) is 0 Å². The number of nitrogens with zero attached hydrogens (tertiary/aromatic N) is 3. The number of hydrogen-bond acceptors (Lipinski definition) is 6. The molecule has 0 atom stereocenters. The smallest absolute Gasteiger partial charge is 0.0924 e. The molecule has 16 heavy (non-hydrogen) atoms. The normalized spacial score (nSPS) is 10.8. The molecule has 0 aliphatic rings. The van der Waals surface area contributed by atoms with E-state index < -0.39 is 0 Å². The summed E-state index contributed by atoms with van der Waals surface area (Å²) in [7, 11) is 0. The van der Waals surface area contributed by atoms with Gasteiger partial charge in [0, 0.05) is 23.5 Å². The van der Waals surface area contributed by atoms with E-state index in [0.29, 0.717) is 0 Å². The Morgan fingerprint density at radius 3 is 3.06 bits per heavy atom. The van der Waals surface area contributed by atoms with Gasteiger partial charge in [-0.2, -0.15) is 0 Å². The maximum Gasteiger partial charge on any atom is 0.0924 e. The van der Waals surface area contributed by atoms with Gasteiger partial charge in [0.15, 0.2) is 0 Å². The first kappa shape index (κ1) is 11.6. The lowest BCUT2D eigenvalue weighted by Crippen LogP contribution is -2.15. The molecule has 6 heteroatoms. The molecule has 0 saturated carbocycles. The Hall–Kier alpha value is -0.850. The molecule has 2 heterocycles. The molecule has 0 fully saturated rings. The fourth-order valence-electron chi connectivity index (χ4n) is 1.38. The van der Waals surface area contributed by atoms with Crippen molar-refractivity contribution in [3.05, 3.63) is 27.7 Å². The van der Waals surface area contributed by atoms with Gasteiger partial charge < -0.3 is 5.32 Å². The van der Waals surface area contributed by atoms with Crippen LogP contribution >= 0.6 is 22.9 Å². The van der Waals surface area contributed by atoms with Crippen LogP contribution in [-0.2, 0) is 13.0 Å². The van der Waals surface area contributed by atoms with Gasteiger partial charge in [-0.1, -0.05) is 4.49 Å². The Balaban J connectivity index is 1.49. The van der Waals surface area contributed by atoms with Gasteiger partial charge in [0.25, 0.3) is 0 Å². The van der Waals surface area contributed by atoms with Crippen LogP contribution in [0.5, 0.6) is 0 Å². The predicted molar refractivity (Wildman–Crippen MR) is 66.7 cm³/mol. The fraction of sp³-hybridized carbons (Fsp3) is 0.500. The highest BCUT2D eigenvalue weighted by Gasteiger charge is 1.97. The zero-order valence-electron chi connectivity index (χ0n) is 8.93. The Morgan fingerprint density at radius 2 is 2.31 bits per heavy atom. The summed E-state index contributed by atoms with van der Waals surface area (Å²) in [6.07, 6.45) is 5.33. The standard InChI is InChI=1S/C10H14N4S2/c1(3-10-12-5-6-15-10)2-4-11-7-9-8-16-14-13-9/h5-6,8,11H,1-4,7H2. The van der Waals surface area contributed by atoms with Crippen LogP contribution in [0.3, 0.4) is 0 Å². The van der Waals surface area contributed by atoms with E-state index in [1.54, 1.807) is 11.3 Å². The summed E-state index contributed by atoms with van der Waals surface area (Å²) in [6.45, 7) is 1.86. The van der Waals surface area contributed by atoms with Crippen LogP contribution in [0, 0.1) is 0 Å². The van der Waals surface area contributed by atoms with E-state index in [1.165, 1.54) is 29.4 Å². The molecule has 0 saturated heterocycles. The van der Waals surface area contributed by atoms with Crippen molar-refractivity contribution in [2.45, 2.75) is 25.8 Å². The predicted octanol–water partition coefficient (Wildman–Crippen LogP) is 2.11. The lowest BCUT2D eigenvalue weighted by atomic mass is 10.2. The molecule has 0 spiro atoms. The second-order valence-corrected chi connectivity index (χ2v) is 5.04.